The minimum Gasteiger partial charge on any atom is -0.0561 e. The average molecular weight is 1130 g/mol. The first-order valence-corrected chi connectivity index (χ1v) is 26.4. The number of pyridine rings is 1. The van der Waals surface area contributed by atoms with E-state index in [1.807, 2.05) is 24.4 Å². The molecule has 0 aliphatic carbocycles. The Labute approximate surface area is 441 Å². The maximum atomic E-state index is 6.83. The van der Waals surface area contributed by atoms with Crippen molar-refractivity contribution in [1.29, 1.82) is 0 Å². The molecule has 6 heteroatoms. The molecule has 5 nitrogen and oxygen atoms in total. The van der Waals surface area contributed by atoms with Crippen LogP contribution in [0.2, 0.25) is 0 Å². The van der Waals surface area contributed by atoms with E-state index in [1.165, 1.54) is 38.9 Å². The number of para-hydroxylation sites is 3. The standard InChI is InChI=1S/C67H60N4O.Pt/c1-65(2,3)50-34-35-68-63(40-50)69-43-49-36-47(48-37-51(66(4,5)6)39-52(38-48)67(7,8)9)30-32-56(49)59-33-31-55(42-62(59)69)72-54-25-18-24-53(41-54)70-44-71(61-29-17-16-28-60(61)70)64-57(45-20-12-10-13-21-45)26-19-27-58(64)46-22-14-11-15-23-46;/h10-40H,43H2,1-9H3;/q-2;. The van der Waals surface area contributed by atoms with Crippen molar-refractivity contribution in [2.75, 3.05) is 4.90 Å². The summed E-state index contributed by atoms with van der Waals surface area (Å²) in [4.78, 5) is 7.33. The molecule has 0 radical (unpaired) electrons. The fourth-order valence-electron chi connectivity index (χ4n) is 10.0. The van der Waals surface area contributed by atoms with Crippen LogP contribution in [0.5, 0.6) is 11.5 Å². The van der Waals surface area contributed by atoms with E-state index in [9.17, 15) is 0 Å². The van der Waals surface area contributed by atoms with Crippen LogP contribution in [0.3, 0.4) is 0 Å². The fourth-order valence-corrected chi connectivity index (χ4v) is 11.1. The Bertz CT molecular complexity index is 3680. The molecule has 1 aliphatic rings. The molecule has 0 spiro atoms. The molecule has 0 amide bonds. The minimum atomic E-state index is -0.0582. The molecule has 11 rings (SSSR count). The van der Waals surface area contributed by atoms with Crippen LogP contribution in [0, 0.1) is 15.9 Å². The number of imidazole rings is 1. The number of hydrogen-bond acceptors (Lipinski definition) is 3. The number of anilines is 2. The number of aromatic nitrogens is 3. The molecular weight excluding hydrogens is 1070 g/mol. The van der Waals surface area contributed by atoms with Gasteiger partial charge >= 0.3 is 296 Å². The van der Waals surface area contributed by atoms with Crippen molar-refractivity contribution in [1.82, 2.24) is 14.1 Å². The van der Waals surface area contributed by atoms with Crippen LogP contribution in [0.1, 0.15) is 84.6 Å². The molecule has 0 saturated carbocycles. The van der Waals surface area contributed by atoms with E-state index in [0.29, 0.717) is 18.0 Å². The zero-order valence-corrected chi connectivity index (χ0v) is 45.4. The van der Waals surface area contributed by atoms with Gasteiger partial charge in [-0.05, 0) is 56.2 Å². The summed E-state index contributed by atoms with van der Waals surface area (Å²) in [5.74, 6) is 2.07. The topological polar surface area (TPSA) is 35.2 Å². The smallest absolute Gasteiger partial charge is 0.0132 e. The van der Waals surface area contributed by atoms with Gasteiger partial charge in [-0.1, -0.05) is 86.6 Å². The first kappa shape index (κ1) is 48.0. The first-order valence-electron chi connectivity index (χ1n) is 25.2. The van der Waals surface area contributed by atoms with Crippen molar-refractivity contribution in [3.63, 3.8) is 0 Å². The minimum absolute atomic E-state index is 0.0129. The molecule has 0 fully saturated rings. The molecule has 2 aromatic heterocycles. The van der Waals surface area contributed by atoms with Gasteiger partial charge in [0.2, 0.25) is 0 Å². The zero-order valence-electron chi connectivity index (χ0n) is 43.1. The average Bonchev–Trinajstić information content (AvgIpc) is 3.68. The summed E-state index contributed by atoms with van der Waals surface area (Å²) >= 11 is 2.49. The van der Waals surface area contributed by atoms with Crippen LogP contribution in [-0.4, -0.2) is 14.1 Å². The molecule has 8 aromatic carbocycles. The Morgan fingerprint density at radius 1 is 0.466 bits per heavy atom. The number of rotatable bonds is 8. The largest absolute Gasteiger partial charge is 0.0561 e. The predicted octanol–water partition coefficient (Wildman–Crippen LogP) is 17.5. The van der Waals surface area contributed by atoms with E-state index < -0.39 is 0 Å². The predicted molar refractivity (Wildman–Crippen MR) is 298 cm³/mol. The van der Waals surface area contributed by atoms with Gasteiger partial charge in [-0.25, -0.2) is 0 Å². The summed E-state index contributed by atoms with van der Waals surface area (Å²) < 4.78 is 12.5. The third kappa shape index (κ3) is 9.25. The van der Waals surface area contributed by atoms with Gasteiger partial charge in [0.05, 0.1) is 0 Å². The second-order valence-corrected chi connectivity index (χ2v) is 23.3. The molecular formula is C67H60N4OPt-2. The molecule has 0 saturated heterocycles. The number of ether oxygens (including phenoxy) is 1. The number of nitrogens with zero attached hydrogens (tertiary/aromatic N) is 4. The van der Waals surface area contributed by atoms with Crippen molar-refractivity contribution in [2.45, 2.75) is 85.1 Å². The van der Waals surface area contributed by atoms with Crippen LogP contribution in [0.15, 0.2) is 188 Å². The summed E-state index contributed by atoms with van der Waals surface area (Å²) in [6.45, 7) is 21.2. The second kappa shape index (κ2) is 18.6. The zero-order chi connectivity index (χ0) is 50.8. The van der Waals surface area contributed by atoms with Crippen molar-refractivity contribution >= 4 is 22.5 Å². The molecule has 0 unspecified atom stereocenters. The Kier molecular flexibility index (Phi) is 12.2. The fraction of sp³-hybridized carbons (Fsp3) is 0.194. The Balaban J connectivity index is 1.01. The van der Waals surface area contributed by atoms with Gasteiger partial charge in [-0.2, -0.15) is 0 Å². The summed E-state index contributed by atoms with van der Waals surface area (Å²) in [6, 6.07) is 72.8. The van der Waals surface area contributed by atoms with E-state index in [4.69, 9.17) is 9.72 Å². The Hall–Kier alpha value is -7.33. The van der Waals surface area contributed by atoms with Crippen LogP contribution < -0.4 is 9.64 Å². The molecule has 0 atom stereocenters. The van der Waals surface area contributed by atoms with Gasteiger partial charge in [0.15, 0.2) is 0 Å². The van der Waals surface area contributed by atoms with Crippen LogP contribution in [0.4, 0.5) is 11.5 Å². The van der Waals surface area contributed by atoms with Crippen LogP contribution in [-0.2, 0) is 42.1 Å². The number of fused-ring (bicyclic) bond motifs is 4. The Morgan fingerprint density at radius 3 is 1.67 bits per heavy atom. The Morgan fingerprint density at radius 2 is 1.04 bits per heavy atom. The van der Waals surface area contributed by atoms with Crippen molar-refractivity contribution in [3.05, 3.63) is 226 Å². The van der Waals surface area contributed by atoms with Crippen molar-refractivity contribution in [3.8, 4) is 67.4 Å². The molecule has 10 aromatic rings. The third-order valence-corrected chi connectivity index (χ3v) is 15.1. The first-order chi connectivity index (χ1) is 35.0. The van der Waals surface area contributed by atoms with Gasteiger partial charge in [0.25, 0.3) is 0 Å². The summed E-state index contributed by atoms with van der Waals surface area (Å²) in [5.41, 5.74) is 19.5. The SMILES string of the molecule is CC(C)(C)c1cc(-c2ccc3c(c2)CN(c2cc(C(C)(C)C)ccn2)c2[c-]c(Oc4[c-]c(-n5[c](=[Pt])n(-c6c(-c7ccccc7)cccc6-c6ccccc6)c6ccccc65)ccc4)ccc2-3)cc(C(C)(C)C)c1. The molecule has 3 heterocycles. The van der Waals surface area contributed by atoms with E-state index in [2.05, 4.69) is 272 Å². The van der Waals surface area contributed by atoms with Crippen LogP contribution >= 0.6 is 0 Å². The van der Waals surface area contributed by atoms with E-state index in [-0.39, 0.29) is 16.2 Å². The second-order valence-electron chi connectivity index (χ2n) is 22.3. The maximum Gasteiger partial charge on any atom is -0.0132 e. The molecule has 1 aliphatic heterocycles. The monoisotopic (exact) mass is 1130 g/mol. The third-order valence-electron chi connectivity index (χ3n) is 14.1. The van der Waals surface area contributed by atoms with Gasteiger partial charge in [0, 0.05) is 6.20 Å². The summed E-state index contributed by atoms with van der Waals surface area (Å²) in [5, 5.41) is 0. The number of benzene rings is 8. The van der Waals surface area contributed by atoms with Gasteiger partial charge in [-0.15, -0.1) is 0 Å². The molecule has 366 valence electrons. The molecule has 73 heavy (non-hydrogen) atoms. The van der Waals surface area contributed by atoms with E-state index in [1.54, 1.807) is 0 Å². The van der Waals surface area contributed by atoms with Gasteiger partial charge in [0.1, 0.15) is 0 Å². The van der Waals surface area contributed by atoms with E-state index >= 15 is 0 Å². The van der Waals surface area contributed by atoms with Crippen molar-refractivity contribution < 1.29 is 24.1 Å². The van der Waals surface area contributed by atoms with Crippen molar-refractivity contribution in [2.24, 2.45) is 0 Å². The maximum absolute atomic E-state index is 6.83. The van der Waals surface area contributed by atoms with Crippen LogP contribution in [0.25, 0.3) is 66.9 Å². The molecule has 0 N–H and O–H groups in total. The quantitative estimate of drug-likeness (QED) is 0.142. The molecule has 0 bridgehead atoms. The normalized spacial score (nSPS) is 12.7. The number of hydrogen-bond donors (Lipinski definition) is 0. The summed E-state index contributed by atoms with van der Waals surface area (Å²) in [7, 11) is 0. The van der Waals surface area contributed by atoms with E-state index in [0.717, 1.165) is 65.5 Å². The van der Waals surface area contributed by atoms with Gasteiger partial charge < -0.3 is 0 Å². The summed E-state index contributed by atoms with van der Waals surface area (Å²) in [6.07, 6.45) is 1.94. The van der Waals surface area contributed by atoms with Gasteiger partial charge in [-0.3, -0.25) is 0 Å².